The minimum atomic E-state index is -0.531. The summed E-state index contributed by atoms with van der Waals surface area (Å²) in [5.74, 6) is 1.58. The molecule has 0 bridgehead atoms. The van der Waals surface area contributed by atoms with E-state index < -0.39 is 23.6 Å². The molecule has 3 amide bonds. The predicted molar refractivity (Wildman–Crippen MR) is 132 cm³/mol. The van der Waals surface area contributed by atoms with E-state index in [0.29, 0.717) is 60.0 Å². The second-order valence-corrected chi connectivity index (χ2v) is 9.28. The lowest BCUT2D eigenvalue weighted by molar-refractivity contribution is -0.127. The fourth-order valence-corrected chi connectivity index (χ4v) is 4.24. The second kappa shape index (κ2) is 10.7. The number of carbonyl (C=O) groups is 3. The number of ether oxygens (including phenoxy) is 4. The van der Waals surface area contributed by atoms with Gasteiger partial charge in [-0.15, -0.1) is 0 Å². The maximum atomic E-state index is 12.8. The predicted octanol–water partition coefficient (Wildman–Crippen LogP) is 4.18. The summed E-state index contributed by atoms with van der Waals surface area (Å²) in [5, 5.41) is 2.17. The molecule has 1 fully saturated rings. The fraction of sp³-hybridized carbons (Fsp3) is 0.320. The molecular formula is C25H26N2O7S. The van der Waals surface area contributed by atoms with Gasteiger partial charge < -0.3 is 24.3 Å². The highest BCUT2D eigenvalue weighted by Crippen LogP contribution is 2.35. The van der Waals surface area contributed by atoms with Crippen molar-refractivity contribution in [1.82, 2.24) is 4.90 Å². The van der Waals surface area contributed by atoms with Crippen LogP contribution in [0.15, 0.2) is 41.3 Å². The Morgan fingerprint density at radius 2 is 1.89 bits per heavy atom. The molecular weight excluding hydrogens is 472 g/mol. The van der Waals surface area contributed by atoms with Gasteiger partial charge >= 0.3 is 0 Å². The van der Waals surface area contributed by atoms with Crippen LogP contribution in [0.3, 0.4) is 0 Å². The van der Waals surface area contributed by atoms with E-state index in [0.717, 1.165) is 16.7 Å². The molecule has 184 valence electrons. The molecule has 4 rings (SSSR count). The number of benzene rings is 2. The van der Waals surface area contributed by atoms with Crippen LogP contribution >= 0.6 is 11.8 Å². The number of anilines is 1. The average Bonchev–Trinajstić information content (AvgIpc) is 3.10. The van der Waals surface area contributed by atoms with Crippen molar-refractivity contribution >= 4 is 40.6 Å². The lowest BCUT2D eigenvalue weighted by Gasteiger charge is -2.19. The number of nitrogens with one attached hydrogen (secondary N) is 1. The first-order valence-corrected chi connectivity index (χ1v) is 11.9. The number of rotatable bonds is 8. The molecule has 1 N–H and O–H groups in total. The molecule has 10 heteroatoms. The normalized spacial score (nSPS) is 16.1. The van der Waals surface area contributed by atoms with Crippen molar-refractivity contribution in [3.05, 3.63) is 46.9 Å². The van der Waals surface area contributed by atoms with Crippen LogP contribution < -0.4 is 24.3 Å². The van der Waals surface area contributed by atoms with E-state index in [1.165, 1.54) is 7.11 Å². The number of amides is 3. The highest BCUT2D eigenvalue weighted by atomic mass is 32.2. The van der Waals surface area contributed by atoms with Crippen molar-refractivity contribution in [3.8, 4) is 23.0 Å². The first-order chi connectivity index (χ1) is 16.8. The van der Waals surface area contributed by atoms with E-state index in [1.54, 1.807) is 42.5 Å². The van der Waals surface area contributed by atoms with E-state index in [4.69, 9.17) is 18.9 Å². The van der Waals surface area contributed by atoms with Crippen molar-refractivity contribution in [2.45, 2.75) is 13.8 Å². The highest BCUT2D eigenvalue weighted by molar-refractivity contribution is 8.18. The third kappa shape index (κ3) is 5.89. The van der Waals surface area contributed by atoms with Crippen LogP contribution in [0.2, 0.25) is 0 Å². The summed E-state index contributed by atoms with van der Waals surface area (Å²) in [5.41, 5.74) is 1.15. The smallest absolute Gasteiger partial charge is 0.294 e. The van der Waals surface area contributed by atoms with Crippen LogP contribution in [-0.4, -0.2) is 55.4 Å². The van der Waals surface area contributed by atoms with Crippen molar-refractivity contribution in [1.29, 1.82) is 0 Å². The van der Waals surface area contributed by atoms with E-state index in [9.17, 15) is 14.4 Å². The zero-order chi connectivity index (χ0) is 24.9. The maximum absolute atomic E-state index is 12.8. The summed E-state index contributed by atoms with van der Waals surface area (Å²) in [7, 11) is 1.54. The number of hydrogen-bond acceptors (Lipinski definition) is 8. The van der Waals surface area contributed by atoms with Gasteiger partial charge in [0, 0.05) is 11.8 Å². The maximum Gasteiger partial charge on any atom is 0.294 e. The van der Waals surface area contributed by atoms with Gasteiger partial charge in [0.1, 0.15) is 19.8 Å². The van der Waals surface area contributed by atoms with Gasteiger partial charge in [-0.05, 0) is 53.6 Å². The summed E-state index contributed by atoms with van der Waals surface area (Å²) < 4.78 is 22.1. The van der Waals surface area contributed by atoms with Crippen molar-refractivity contribution in [2.24, 2.45) is 5.92 Å². The molecule has 9 nitrogen and oxygen atoms in total. The Morgan fingerprint density at radius 3 is 2.63 bits per heavy atom. The molecule has 2 aliphatic heterocycles. The van der Waals surface area contributed by atoms with E-state index in [1.807, 2.05) is 13.8 Å². The van der Waals surface area contributed by atoms with Crippen molar-refractivity contribution in [2.75, 3.05) is 38.8 Å². The molecule has 1 saturated heterocycles. The number of carbonyl (C=O) groups excluding carboxylic acids is 3. The van der Waals surface area contributed by atoms with Crippen LogP contribution in [0.25, 0.3) is 6.08 Å². The Morgan fingerprint density at radius 1 is 1.11 bits per heavy atom. The molecule has 0 saturated carbocycles. The molecule has 0 unspecified atom stereocenters. The topological polar surface area (TPSA) is 103 Å². The summed E-state index contributed by atoms with van der Waals surface area (Å²) in [6.45, 7) is 5.13. The van der Waals surface area contributed by atoms with Crippen LogP contribution in [0, 0.1) is 5.92 Å². The molecule has 2 aromatic rings. The number of nitrogens with zero attached hydrogens (tertiary/aromatic N) is 1. The van der Waals surface area contributed by atoms with Crippen molar-refractivity contribution < 1.29 is 33.3 Å². The Kier molecular flexibility index (Phi) is 7.50. The van der Waals surface area contributed by atoms with Crippen LogP contribution in [0.4, 0.5) is 10.5 Å². The van der Waals surface area contributed by atoms with Gasteiger partial charge in [0.2, 0.25) is 5.91 Å². The summed E-state index contributed by atoms with van der Waals surface area (Å²) in [4.78, 5) is 39.0. The first-order valence-electron chi connectivity index (χ1n) is 11.1. The zero-order valence-corrected chi connectivity index (χ0v) is 20.5. The molecule has 2 aromatic carbocycles. The van der Waals surface area contributed by atoms with Gasteiger partial charge in [-0.3, -0.25) is 19.3 Å². The Labute approximate surface area is 207 Å². The largest absolute Gasteiger partial charge is 0.493 e. The molecule has 0 aromatic heterocycles. The fourth-order valence-electron chi connectivity index (χ4n) is 3.40. The average molecular weight is 499 g/mol. The van der Waals surface area contributed by atoms with Gasteiger partial charge in [0.25, 0.3) is 11.1 Å². The highest BCUT2D eigenvalue weighted by Gasteiger charge is 2.36. The number of imide groups is 1. The second-order valence-electron chi connectivity index (χ2n) is 8.29. The number of methoxy groups -OCH3 is 1. The summed E-state index contributed by atoms with van der Waals surface area (Å²) in [6, 6.07) is 10.3. The molecule has 2 heterocycles. The van der Waals surface area contributed by atoms with E-state index in [-0.39, 0.29) is 4.91 Å². The lowest BCUT2D eigenvalue weighted by atomic mass is 10.1. The SMILES string of the molecule is COc1cc(/C=C2\SC(=O)N(CC(=O)Nc3ccc4c(c3)OCCO4)C2=O)ccc1OCC(C)C. The molecule has 35 heavy (non-hydrogen) atoms. The molecule has 0 atom stereocenters. The van der Waals surface area contributed by atoms with Crippen LogP contribution in [-0.2, 0) is 9.59 Å². The van der Waals surface area contributed by atoms with Gasteiger partial charge in [0.15, 0.2) is 23.0 Å². The number of fused-ring (bicyclic) bond motifs is 1. The minimum absolute atomic E-state index is 0.222. The third-order valence-electron chi connectivity index (χ3n) is 5.06. The monoisotopic (exact) mass is 498 g/mol. The van der Waals surface area contributed by atoms with E-state index in [2.05, 4.69) is 5.32 Å². The Balaban J connectivity index is 1.42. The van der Waals surface area contributed by atoms with Crippen LogP contribution in [0.1, 0.15) is 19.4 Å². The standard InChI is InChI=1S/C25H26N2O7S/c1-15(2)14-34-18-6-4-16(10-20(18)31-3)11-22-24(29)27(25(30)35-22)13-23(28)26-17-5-7-19-21(12-17)33-9-8-32-19/h4-7,10-12,15H,8-9,13-14H2,1-3H3,(H,26,28)/b22-11-. The number of thioether (sulfide) groups is 1. The van der Waals surface area contributed by atoms with Gasteiger partial charge in [-0.1, -0.05) is 19.9 Å². The summed E-state index contributed by atoms with van der Waals surface area (Å²) in [6.07, 6.45) is 1.60. The Hall–Kier alpha value is -3.66. The zero-order valence-electron chi connectivity index (χ0n) is 19.7. The van der Waals surface area contributed by atoms with Gasteiger partial charge in [0.05, 0.1) is 18.6 Å². The van der Waals surface area contributed by atoms with Gasteiger partial charge in [-0.2, -0.15) is 0 Å². The molecule has 2 aliphatic rings. The third-order valence-corrected chi connectivity index (χ3v) is 5.97. The minimum Gasteiger partial charge on any atom is -0.493 e. The molecule has 0 spiro atoms. The van der Waals surface area contributed by atoms with Crippen LogP contribution in [0.5, 0.6) is 23.0 Å². The first kappa shape index (κ1) is 24.5. The Bertz CT molecular complexity index is 1180. The lowest BCUT2D eigenvalue weighted by Crippen LogP contribution is -2.36. The molecule has 0 radical (unpaired) electrons. The van der Waals surface area contributed by atoms with Crippen molar-refractivity contribution in [3.63, 3.8) is 0 Å². The van der Waals surface area contributed by atoms with E-state index >= 15 is 0 Å². The molecule has 0 aliphatic carbocycles. The summed E-state index contributed by atoms with van der Waals surface area (Å²) >= 11 is 0.785. The number of hydrogen-bond donors (Lipinski definition) is 1. The van der Waals surface area contributed by atoms with Gasteiger partial charge in [-0.25, -0.2) is 0 Å². The quantitative estimate of drug-likeness (QED) is 0.541.